The third-order valence-corrected chi connectivity index (χ3v) is 13.1. The quantitative estimate of drug-likeness (QED) is 0.243. The van der Waals surface area contributed by atoms with Gasteiger partial charge < -0.3 is 23.7 Å². The van der Waals surface area contributed by atoms with Crippen LogP contribution in [0.4, 0.5) is 4.79 Å². The standard InChI is InChI=1S/C32H47NO7Si/c1-7-41(8-2,9-3)40-24(5)19-23(4)29(34)30(38-21-26-15-17-28(37-6)18-16-26)31(35)33-27(22-39-32(33)36)20-25-13-11-10-12-14-25/h10-18,23-24,27,29-30,34H,7-9,19-22H2,1-6H3/t23-,24-,27-,29+,30-/m1/s1. The summed E-state index contributed by atoms with van der Waals surface area (Å²) in [4.78, 5) is 27.9. The van der Waals surface area contributed by atoms with Crippen molar-refractivity contribution < 1.29 is 33.3 Å². The number of ether oxygens (including phenoxy) is 3. The molecule has 1 N–H and O–H groups in total. The number of cyclic esters (lactones) is 1. The third kappa shape index (κ3) is 8.64. The van der Waals surface area contributed by atoms with E-state index in [1.165, 1.54) is 0 Å². The minimum absolute atomic E-state index is 0.0777. The van der Waals surface area contributed by atoms with Gasteiger partial charge in [-0.2, -0.15) is 0 Å². The Balaban J connectivity index is 1.80. The topological polar surface area (TPSA) is 94.5 Å². The maximum absolute atomic E-state index is 14.0. The van der Waals surface area contributed by atoms with Crippen LogP contribution in [0.2, 0.25) is 18.1 Å². The van der Waals surface area contributed by atoms with Crippen LogP contribution in [-0.4, -0.2) is 68.4 Å². The third-order valence-electron chi connectivity index (χ3n) is 8.33. The summed E-state index contributed by atoms with van der Waals surface area (Å²) in [5, 5.41) is 11.6. The van der Waals surface area contributed by atoms with Crippen molar-refractivity contribution in [3.63, 3.8) is 0 Å². The fraction of sp³-hybridized carbons (Fsp3) is 0.562. The second kappa shape index (κ2) is 15.5. The van der Waals surface area contributed by atoms with Gasteiger partial charge in [0.1, 0.15) is 12.4 Å². The number of imide groups is 1. The Hall–Kier alpha value is -2.72. The predicted molar refractivity (Wildman–Crippen MR) is 161 cm³/mol. The molecule has 41 heavy (non-hydrogen) atoms. The second-order valence-electron chi connectivity index (χ2n) is 11.1. The first-order valence-corrected chi connectivity index (χ1v) is 17.3. The molecule has 5 atom stereocenters. The first-order valence-electron chi connectivity index (χ1n) is 14.8. The molecule has 0 radical (unpaired) electrons. The first kappa shape index (κ1) is 32.8. The SMILES string of the molecule is CC[Si](CC)(CC)O[C@H](C)C[C@@H](C)[C@H](O)[C@@H](OCc1ccc(OC)cc1)C(=O)N1C(=O)OC[C@H]1Cc1ccccc1. The first-order chi connectivity index (χ1) is 19.7. The summed E-state index contributed by atoms with van der Waals surface area (Å²) >= 11 is 0. The summed E-state index contributed by atoms with van der Waals surface area (Å²) in [7, 11) is -0.239. The van der Waals surface area contributed by atoms with Crippen LogP contribution in [0.1, 0.15) is 52.2 Å². The Morgan fingerprint density at radius 3 is 2.24 bits per heavy atom. The molecule has 8 nitrogen and oxygen atoms in total. The summed E-state index contributed by atoms with van der Waals surface area (Å²) in [6.45, 7) is 10.7. The minimum atomic E-state index is -1.83. The van der Waals surface area contributed by atoms with Crippen molar-refractivity contribution in [3.05, 3.63) is 65.7 Å². The number of benzene rings is 2. The van der Waals surface area contributed by atoms with Crippen LogP contribution in [0, 0.1) is 5.92 Å². The van der Waals surface area contributed by atoms with E-state index in [-0.39, 0.29) is 25.2 Å². The maximum atomic E-state index is 14.0. The zero-order valence-corrected chi connectivity index (χ0v) is 26.4. The number of hydrogen-bond acceptors (Lipinski definition) is 7. The highest BCUT2D eigenvalue weighted by molar-refractivity contribution is 6.73. The number of nitrogens with zero attached hydrogens (tertiary/aromatic N) is 1. The Labute approximate surface area is 246 Å². The van der Waals surface area contributed by atoms with Crippen molar-refractivity contribution in [2.75, 3.05) is 13.7 Å². The highest BCUT2D eigenvalue weighted by Gasteiger charge is 2.44. The number of hydrogen-bond donors (Lipinski definition) is 1. The maximum Gasteiger partial charge on any atom is 0.417 e. The van der Waals surface area contributed by atoms with Crippen molar-refractivity contribution in [3.8, 4) is 5.75 Å². The summed E-state index contributed by atoms with van der Waals surface area (Å²) in [6, 6.07) is 19.6. The Kier molecular flexibility index (Phi) is 12.4. The fourth-order valence-corrected chi connectivity index (χ4v) is 8.51. The van der Waals surface area contributed by atoms with Crippen LogP contribution in [0.15, 0.2) is 54.6 Å². The van der Waals surface area contributed by atoms with Gasteiger partial charge >= 0.3 is 6.09 Å². The molecule has 226 valence electrons. The number of rotatable bonds is 16. The van der Waals surface area contributed by atoms with Gasteiger partial charge in [-0.25, -0.2) is 9.69 Å². The van der Waals surface area contributed by atoms with Crippen LogP contribution in [0.3, 0.4) is 0 Å². The molecule has 1 aliphatic heterocycles. The van der Waals surface area contributed by atoms with Gasteiger partial charge in [-0.05, 0) is 67.1 Å². The van der Waals surface area contributed by atoms with Gasteiger partial charge in [0, 0.05) is 6.10 Å². The van der Waals surface area contributed by atoms with Gasteiger partial charge in [-0.3, -0.25) is 4.79 Å². The van der Waals surface area contributed by atoms with Crippen LogP contribution in [0.5, 0.6) is 5.75 Å². The average Bonchev–Trinajstić information content (AvgIpc) is 3.35. The van der Waals surface area contributed by atoms with E-state index in [1.54, 1.807) is 7.11 Å². The zero-order chi connectivity index (χ0) is 30.0. The molecule has 3 rings (SSSR count). The minimum Gasteiger partial charge on any atom is -0.497 e. The summed E-state index contributed by atoms with van der Waals surface area (Å²) in [5.74, 6) is -0.203. The molecular weight excluding hydrogens is 538 g/mol. The van der Waals surface area contributed by atoms with E-state index in [2.05, 4.69) is 20.8 Å². The van der Waals surface area contributed by atoms with E-state index in [9.17, 15) is 14.7 Å². The van der Waals surface area contributed by atoms with Crippen molar-refractivity contribution in [2.24, 2.45) is 5.92 Å². The number of aliphatic hydroxyl groups is 1. The second-order valence-corrected chi connectivity index (χ2v) is 15.8. The Morgan fingerprint density at radius 1 is 1.02 bits per heavy atom. The predicted octanol–water partition coefficient (Wildman–Crippen LogP) is 5.97. The van der Waals surface area contributed by atoms with Gasteiger partial charge in [0.05, 0.1) is 25.9 Å². The lowest BCUT2D eigenvalue weighted by Gasteiger charge is -2.35. The lowest BCUT2D eigenvalue weighted by atomic mass is 9.93. The number of methoxy groups -OCH3 is 1. The highest BCUT2D eigenvalue weighted by Crippen LogP contribution is 2.28. The molecule has 0 aliphatic carbocycles. The number of carbonyl (C=O) groups excluding carboxylic acids is 2. The van der Waals surface area contributed by atoms with E-state index in [0.29, 0.717) is 18.6 Å². The van der Waals surface area contributed by atoms with Gasteiger partial charge in [0.25, 0.3) is 5.91 Å². The number of aliphatic hydroxyl groups excluding tert-OH is 1. The molecule has 1 saturated heterocycles. The number of amides is 2. The molecule has 0 bridgehead atoms. The number of carbonyl (C=O) groups is 2. The molecule has 1 aliphatic rings. The molecule has 2 amide bonds. The summed E-state index contributed by atoms with van der Waals surface area (Å²) < 4.78 is 23.3. The molecule has 0 saturated carbocycles. The normalized spacial score (nSPS) is 18.5. The smallest absolute Gasteiger partial charge is 0.417 e. The van der Waals surface area contributed by atoms with Gasteiger partial charge in [-0.1, -0.05) is 70.2 Å². The molecule has 0 spiro atoms. The van der Waals surface area contributed by atoms with Crippen LogP contribution in [0.25, 0.3) is 0 Å². The van der Waals surface area contributed by atoms with Crippen molar-refractivity contribution >= 4 is 20.3 Å². The molecule has 1 fully saturated rings. The summed E-state index contributed by atoms with van der Waals surface area (Å²) in [6.07, 6.45) is -2.19. The Morgan fingerprint density at radius 2 is 1.66 bits per heavy atom. The lowest BCUT2D eigenvalue weighted by molar-refractivity contribution is -0.154. The molecule has 2 aromatic carbocycles. The van der Waals surface area contributed by atoms with Gasteiger partial charge in [0.2, 0.25) is 0 Å². The van der Waals surface area contributed by atoms with E-state index in [0.717, 1.165) is 34.2 Å². The van der Waals surface area contributed by atoms with E-state index in [4.69, 9.17) is 18.6 Å². The zero-order valence-electron chi connectivity index (χ0n) is 25.4. The lowest BCUT2D eigenvalue weighted by Crippen LogP contribution is -2.52. The average molecular weight is 586 g/mol. The monoisotopic (exact) mass is 585 g/mol. The molecule has 0 unspecified atom stereocenters. The molecule has 0 aromatic heterocycles. The summed E-state index contributed by atoms with van der Waals surface area (Å²) in [5.41, 5.74) is 1.80. The molecule has 2 aromatic rings. The van der Waals surface area contributed by atoms with Crippen LogP contribution < -0.4 is 4.74 Å². The van der Waals surface area contributed by atoms with E-state index < -0.39 is 38.6 Å². The van der Waals surface area contributed by atoms with Gasteiger partial charge in [-0.15, -0.1) is 0 Å². The van der Waals surface area contributed by atoms with E-state index in [1.807, 2.05) is 68.4 Å². The largest absolute Gasteiger partial charge is 0.497 e. The molecular formula is C32H47NO7Si. The highest BCUT2D eigenvalue weighted by atomic mass is 28.4. The Bertz CT molecular complexity index is 1080. The van der Waals surface area contributed by atoms with Crippen molar-refractivity contribution in [2.45, 2.75) is 96.6 Å². The fourth-order valence-electron chi connectivity index (χ4n) is 5.56. The van der Waals surface area contributed by atoms with Crippen molar-refractivity contribution in [1.82, 2.24) is 4.90 Å². The van der Waals surface area contributed by atoms with Crippen LogP contribution in [-0.2, 0) is 31.7 Å². The van der Waals surface area contributed by atoms with Crippen LogP contribution >= 0.6 is 0 Å². The van der Waals surface area contributed by atoms with Crippen molar-refractivity contribution in [1.29, 1.82) is 0 Å². The van der Waals surface area contributed by atoms with Gasteiger partial charge in [0.15, 0.2) is 14.4 Å². The van der Waals surface area contributed by atoms with E-state index >= 15 is 0 Å². The molecule has 1 heterocycles. The molecule has 9 heteroatoms.